The first-order chi connectivity index (χ1) is 17.7. The van der Waals surface area contributed by atoms with Gasteiger partial charge in [-0.2, -0.15) is 19.0 Å². The van der Waals surface area contributed by atoms with Crippen molar-refractivity contribution in [3.8, 4) is 17.2 Å². The van der Waals surface area contributed by atoms with E-state index in [0.717, 1.165) is 28.6 Å². The van der Waals surface area contributed by atoms with E-state index >= 15 is 4.39 Å². The van der Waals surface area contributed by atoms with Crippen LogP contribution in [0.4, 0.5) is 17.6 Å². The zero-order valence-electron chi connectivity index (χ0n) is 19.8. The minimum absolute atomic E-state index is 0.0503. The number of halogens is 4. The van der Waals surface area contributed by atoms with Gasteiger partial charge in [-0.25, -0.2) is 22.9 Å². The van der Waals surface area contributed by atoms with Crippen LogP contribution < -0.4 is 11.0 Å². The summed E-state index contributed by atoms with van der Waals surface area (Å²) in [5.74, 6) is -0.692. The highest BCUT2D eigenvalue weighted by Crippen LogP contribution is 2.28. The van der Waals surface area contributed by atoms with E-state index in [0.29, 0.717) is 40.3 Å². The molecular formula is C25H21F4N7O. The first-order valence-corrected chi connectivity index (χ1v) is 11.6. The molecule has 0 radical (unpaired) electrons. The van der Waals surface area contributed by atoms with Crippen molar-refractivity contribution >= 4 is 10.9 Å². The predicted octanol–water partition coefficient (Wildman–Crippen LogP) is 4.10. The molecule has 0 saturated heterocycles. The van der Waals surface area contributed by atoms with Gasteiger partial charge in [0.25, 0.3) is 0 Å². The second kappa shape index (κ2) is 8.44. The van der Waals surface area contributed by atoms with E-state index in [1.165, 1.54) is 29.1 Å². The third kappa shape index (κ3) is 3.58. The van der Waals surface area contributed by atoms with Crippen LogP contribution in [0.5, 0.6) is 0 Å². The Balaban J connectivity index is 1.54. The normalized spacial score (nSPS) is 13.6. The Morgan fingerprint density at radius 3 is 2.46 bits per heavy atom. The summed E-state index contributed by atoms with van der Waals surface area (Å²) >= 11 is 0. The van der Waals surface area contributed by atoms with Crippen LogP contribution in [-0.4, -0.2) is 35.2 Å². The molecule has 4 heterocycles. The summed E-state index contributed by atoms with van der Waals surface area (Å²) in [6.45, 7) is 1.59. The molecule has 0 spiro atoms. The molecule has 8 nitrogen and oxygen atoms in total. The van der Waals surface area contributed by atoms with Gasteiger partial charge in [0.05, 0.1) is 28.0 Å². The van der Waals surface area contributed by atoms with E-state index in [4.69, 9.17) is 5.10 Å². The molecule has 12 heteroatoms. The molecule has 1 aliphatic rings. The molecule has 0 fully saturated rings. The molecule has 2 aromatic carbocycles. The highest BCUT2D eigenvalue weighted by molar-refractivity contribution is 5.81. The SMILES string of the molecule is Cc1cc(-n2nc3c(c2-n2ccn(-c4ccc5nn(C(F)F)cc5c4F)c2=O)CNCC3)cc(C)c1F. The van der Waals surface area contributed by atoms with Crippen molar-refractivity contribution in [2.45, 2.75) is 33.4 Å². The molecule has 0 atom stereocenters. The number of benzene rings is 2. The fourth-order valence-electron chi connectivity index (χ4n) is 4.83. The smallest absolute Gasteiger partial charge is 0.312 e. The van der Waals surface area contributed by atoms with Crippen molar-refractivity contribution in [2.75, 3.05) is 6.54 Å². The van der Waals surface area contributed by atoms with Crippen molar-refractivity contribution < 1.29 is 17.6 Å². The predicted molar refractivity (Wildman–Crippen MR) is 128 cm³/mol. The second-order valence-electron chi connectivity index (χ2n) is 9.02. The van der Waals surface area contributed by atoms with Gasteiger partial charge in [-0.1, -0.05) is 0 Å². The lowest BCUT2D eigenvalue weighted by atomic mass is 10.1. The van der Waals surface area contributed by atoms with Gasteiger partial charge in [0.15, 0.2) is 5.82 Å². The monoisotopic (exact) mass is 511 g/mol. The number of alkyl halides is 2. The van der Waals surface area contributed by atoms with Crippen LogP contribution >= 0.6 is 0 Å². The van der Waals surface area contributed by atoms with Crippen LogP contribution in [0.3, 0.4) is 0 Å². The molecule has 3 aromatic heterocycles. The first kappa shape index (κ1) is 23.2. The van der Waals surface area contributed by atoms with E-state index in [2.05, 4.69) is 10.4 Å². The van der Waals surface area contributed by atoms with Crippen molar-refractivity contribution in [1.29, 1.82) is 0 Å². The van der Waals surface area contributed by atoms with Gasteiger partial charge in [-0.15, -0.1) is 0 Å². The zero-order valence-corrected chi connectivity index (χ0v) is 19.8. The lowest BCUT2D eigenvalue weighted by molar-refractivity contribution is 0.0573. The molecule has 5 aromatic rings. The molecule has 0 amide bonds. The van der Waals surface area contributed by atoms with Gasteiger partial charge < -0.3 is 5.32 Å². The number of hydrogen-bond donors (Lipinski definition) is 1. The number of nitrogens with zero attached hydrogens (tertiary/aromatic N) is 6. The van der Waals surface area contributed by atoms with Gasteiger partial charge in [0.1, 0.15) is 11.6 Å². The molecule has 1 N–H and O–H groups in total. The Kier molecular flexibility index (Phi) is 5.30. The van der Waals surface area contributed by atoms with Gasteiger partial charge in [0.2, 0.25) is 0 Å². The summed E-state index contributed by atoms with van der Waals surface area (Å²) in [6.07, 6.45) is 4.46. The highest BCUT2D eigenvalue weighted by Gasteiger charge is 2.26. The summed E-state index contributed by atoms with van der Waals surface area (Å²) < 4.78 is 60.3. The molecule has 1 aliphatic heterocycles. The fraction of sp³-hybridized carbons (Fsp3) is 0.240. The molecule has 0 saturated carbocycles. The Labute approximate surface area is 207 Å². The fourth-order valence-corrected chi connectivity index (χ4v) is 4.83. The van der Waals surface area contributed by atoms with Crippen LogP contribution in [0.2, 0.25) is 0 Å². The average Bonchev–Trinajstić information content (AvgIpc) is 3.58. The van der Waals surface area contributed by atoms with Crippen LogP contribution in [0.15, 0.2) is 47.7 Å². The maximum absolute atomic E-state index is 15.4. The number of nitrogens with one attached hydrogen (secondary N) is 1. The first-order valence-electron chi connectivity index (χ1n) is 11.6. The van der Waals surface area contributed by atoms with Crippen molar-refractivity contribution in [3.05, 3.63) is 87.4 Å². The van der Waals surface area contributed by atoms with Crippen molar-refractivity contribution in [3.63, 3.8) is 0 Å². The topological polar surface area (TPSA) is 74.6 Å². The van der Waals surface area contributed by atoms with Gasteiger partial charge in [0, 0.05) is 43.7 Å². The third-order valence-electron chi connectivity index (χ3n) is 6.63. The van der Waals surface area contributed by atoms with Gasteiger partial charge >= 0.3 is 12.2 Å². The lowest BCUT2D eigenvalue weighted by Gasteiger charge is -2.14. The molecule has 190 valence electrons. The minimum atomic E-state index is -2.92. The van der Waals surface area contributed by atoms with E-state index < -0.39 is 18.1 Å². The largest absolute Gasteiger partial charge is 0.338 e. The lowest BCUT2D eigenvalue weighted by Crippen LogP contribution is -2.27. The number of aryl methyl sites for hydroxylation is 2. The number of aromatic nitrogens is 6. The maximum Gasteiger partial charge on any atom is 0.338 e. The number of hydrogen-bond acceptors (Lipinski definition) is 4. The molecule has 0 unspecified atom stereocenters. The standard InChI is InChI=1S/C25H21F4N7O/c1-13-9-15(10-14(2)21(13)26)36-23(16-11-30-6-5-19(16)32-36)34-8-7-33(25(34)37)20-4-3-18-17(22(20)27)12-35(31-18)24(28)29/h3-4,7-10,12,24,30H,5-6,11H2,1-2H3. The Morgan fingerprint density at radius 2 is 1.73 bits per heavy atom. The molecule has 0 bridgehead atoms. The van der Waals surface area contributed by atoms with Crippen LogP contribution in [0.1, 0.15) is 28.9 Å². The van der Waals surface area contributed by atoms with Crippen LogP contribution in [-0.2, 0) is 13.0 Å². The Hall–Kier alpha value is -4.19. The van der Waals surface area contributed by atoms with Crippen molar-refractivity contribution in [1.82, 2.24) is 34.0 Å². The molecule has 37 heavy (non-hydrogen) atoms. The summed E-state index contributed by atoms with van der Waals surface area (Å²) in [4.78, 5) is 13.6. The maximum atomic E-state index is 15.4. The molecular weight excluding hydrogens is 490 g/mol. The van der Waals surface area contributed by atoms with E-state index in [1.807, 2.05) is 0 Å². The van der Waals surface area contributed by atoms with Crippen LogP contribution in [0.25, 0.3) is 28.1 Å². The minimum Gasteiger partial charge on any atom is -0.312 e. The highest BCUT2D eigenvalue weighted by atomic mass is 19.3. The zero-order chi connectivity index (χ0) is 26.0. The summed E-state index contributed by atoms with van der Waals surface area (Å²) in [6, 6.07) is 6.03. The quantitative estimate of drug-likeness (QED) is 0.369. The summed E-state index contributed by atoms with van der Waals surface area (Å²) in [7, 11) is 0. The molecule has 0 aliphatic carbocycles. The van der Waals surface area contributed by atoms with Gasteiger partial charge in [-0.05, 0) is 49.2 Å². The summed E-state index contributed by atoms with van der Waals surface area (Å²) in [5, 5.41) is 11.6. The number of rotatable bonds is 4. The Morgan fingerprint density at radius 1 is 1.00 bits per heavy atom. The van der Waals surface area contributed by atoms with E-state index in [1.54, 1.807) is 30.7 Å². The average molecular weight is 511 g/mol. The Bertz CT molecular complexity index is 1720. The molecule has 6 rings (SSSR count). The van der Waals surface area contributed by atoms with E-state index in [-0.39, 0.29) is 22.4 Å². The van der Waals surface area contributed by atoms with Crippen molar-refractivity contribution in [2.24, 2.45) is 0 Å². The second-order valence-corrected chi connectivity index (χ2v) is 9.02. The number of fused-ring (bicyclic) bond motifs is 2. The third-order valence-corrected chi connectivity index (χ3v) is 6.63. The summed E-state index contributed by atoms with van der Waals surface area (Å²) in [5.41, 5.74) is 2.46. The van der Waals surface area contributed by atoms with Gasteiger partial charge in [-0.3, -0.25) is 9.13 Å². The number of imidazole rings is 1. The van der Waals surface area contributed by atoms with E-state index in [9.17, 15) is 18.0 Å². The van der Waals surface area contributed by atoms with Crippen LogP contribution in [0, 0.1) is 25.5 Å².